The standard InChI is InChI=1S/C19H18F3N5O4S/c1-13-3-2-4-14(11-13)15-5-6-27(25-15)17-12-16(26-7-9-30-10-8-26)23-18(24-17)31-32(28,29)19(20,21)22/h2-6,11-12H,7-10H2,1H3. The number of ether oxygens (including phenoxy) is 1. The number of hydrogen-bond acceptors (Lipinski definition) is 8. The smallest absolute Gasteiger partial charge is 0.378 e. The van der Waals surface area contributed by atoms with Crippen LogP contribution in [0.1, 0.15) is 5.56 Å². The van der Waals surface area contributed by atoms with Crippen LogP contribution in [0.15, 0.2) is 42.6 Å². The van der Waals surface area contributed by atoms with Gasteiger partial charge in [-0.15, -0.1) is 0 Å². The molecule has 1 saturated heterocycles. The van der Waals surface area contributed by atoms with Crippen LogP contribution in [0.3, 0.4) is 0 Å². The zero-order chi connectivity index (χ0) is 22.9. The monoisotopic (exact) mass is 469 g/mol. The lowest BCUT2D eigenvalue weighted by molar-refractivity contribution is -0.0502. The molecule has 13 heteroatoms. The average molecular weight is 469 g/mol. The topological polar surface area (TPSA) is 99.4 Å². The maximum absolute atomic E-state index is 12.8. The summed E-state index contributed by atoms with van der Waals surface area (Å²) in [6.07, 6.45) is 1.56. The molecule has 9 nitrogen and oxygen atoms in total. The van der Waals surface area contributed by atoms with Gasteiger partial charge in [0.2, 0.25) is 0 Å². The van der Waals surface area contributed by atoms with E-state index in [0.29, 0.717) is 32.0 Å². The summed E-state index contributed by atoms with van der Waals surface area (Å²) in [7, 11) is -5.94. The number of aromatic nitrogens is 4. The van der Waals surface area contributed by atoms with Crippen LogP contribution in [-0.4, -0.2) is 60.0 Å². The normalized spacial score (nSPS) is 15.1. The SMILES string of the molecule is Cc1cccc(-c2ccn(-c3cc(N4CCOCC4)nc(OS(=O)(=O)C(F)(F)F)n3)n2)c1. The molecule has 0 aliphatic carbocycles. The summed E-state index contributed by atoms with van der Waals surface area (Å²) < 4.78 is 72.2. The zero-order valence-corrected chi connectivity index (χ0v) is 17.6. The molecule has 1 fully saturated rings. The molecular formula is C19H18F3N5O4S. The second kappa shape index (κ2) is 8.39. The summed E-state index contributed by atoms with van der Waals surface area (Å²) in [4.78, 5) is 9.46. The fraction of sp³-hybridized carbons (Fsp3) is 0.316. The van der Waals surface area contributed by atoms with Crippen molar-refractivity contribution < 1.29 is 30.5 Å². The molecule has 0 spiro atoms. The van der Waals surface area contributed by atoms with Crippen LogP contribution in [0.25, 0.3) is 17.1 Å². The Morgan fingerprint density at radius 3 is 2.47 bits per heavy atom. The number of benzene rings is 1. The Morgan fingerprint density at radius 2 is 1.78 bits per heavy atom. The summed E-state index contributed by atoms with van der Waals surface area (Å²) >= 11 is 0. The Balaban J connectivity index is 1.74. The van der Waals surface area contributed by atoms with E-state index in [9.17, 15) is 21.6 Å². The van der Waals surface area contributed by atoms with Crippen LogP contribution in [0, 0.1) is 6.92 Å². The molecule has 1 aliphatic rings. The van der Waals surface area contributed by atoms with Gasteiger partial charge in [-0.3, -0.25) is 0 Å². The fourth-order valence-corrected chi connectivity index (χ4v) is 3.43. The lowest BCUT2D eigenvalue weighted by Gasteiger charge is -2.28. The van der Waals surface area contributed by atoms with Crippen LogP contribution in [0.2, 0.25) is 0 Å². The van der Waals surface area contributed by atoms with Crippen LogP contribution in [0.5, 0.6) is 6.01 Å². The molecule has 170 valence electrons. The lowest BCUT2D eigenvalue weighted by Crippen LogP contribution is -2.37. The van der Waals surface area contributed by atoms with Gasteiger partial charge >= 0.3 is 21.6 Å². The minimum absolute atomic E-state index is 0.0489. The summed E-state index contributed by atoms with van der Waals surface area (Å²) in [5.41, 5.74) is -3.15. The first-order chi connectivity index (χ1) is 15.1. The highest BCUT2D eigenvalue weighted by Gasteiger charge is 2.49. The lowest BCUT2D eigenvalue weighted by atomic mass is 10.1. The van der Waals surface area contributed by atoms with Gasteiger partial charge in [-0.25, -0.2) is 4.68 Å². The molecule has 3 aromatic rings. The van der Waals surface area contributed by atoms with Crippen molar-refractivity contribution in [3.8, 4) is 23.1 Å². The van der Waals surface area contributed by atoms with Crippen molar-refractivity contribution in [2.24, 2.45) is 0 Å². The van der Waals surface area contributed by atoms with E-state index in [1.807, 2.05) is 31.2 Å². The second-order valence-electron chi connectivity index (χ2n) is 6.96. The van der Waals surface area contributed by atoms with Gasteiger partial charge in [0.15, 0.2) is 5.82 Å². The van der Waals surface area contributed by atoms with E-state index in [2.05, 4.69) is 19.2 Å². The Labute approximate surface area is 181 Å². The molecule has 0 atom stereocenters. The molecule has 0 bridgehead atoms. The highest BCUT2D eigenvalue weighted by molar-refractivity contribution is 7.87. The molecule has 0 unspecified atom stereocenters. The number of hydrogen-bond donors (Lipinski definition) is 0. The van der Waals surface area contributed by atoms with Crippen LogP contribution in [-0.2, 0) is 14.9 Å². The molecule has 4 rings (SSSR count). The quantitative estimate of drug-likeness (QED) is 0.416. The number of nitrogens with zero attached hydrogens (tertiary/aromatic N) is 5. The van der Waals surface area contributed by atoms with Crippen molar-refractivity contribution in [1.29, 1.82) is 0 Å². The van der Waals surface area contributed by atoms with Gasteiger partial charge in [0.1, 0.15) is 5.82 Å². The predicted octanol–water partition coefficient (Wildman–Crippen LogP) is 2.70. The zero-order valence-electron chi connectivity index (χ0n) is 16.8. The van der Waals surface area contributed by atoms with Crippen molar-refractivity contribution in [2.75, 3.05) is 31.2 Å². The first kappa shape index (κ1) is 22.0. The highest BCUT2D eigenvalue weighted by atomic mass is 32.2. The molecule has 1 aromatic carbocycles. The van der Waals surface area contributed by atoms with Gasteiger partial charge in [-0.1, -0.05) is 23.8 Å². The van der Waals surface area contributed by atoms with E-state index in [-0.39, 0.29) is 11.6 Å². The van der Waals surface area contributed by atoms with Gasteiger partial charge in [-0.2, -0.15) is 36.7 Å². The maximum atomic E-state index is 12.8. The summed E-state index contributed by atoms with van der Waals surface area (Å²) in [5, 5.41) is 4.42. The number of halogens is 3. The van der Waals surface area contributed by atoms with E-state index in [1.54, 1.807) is 17.2 Å². The van der Waals surface area contributed by atoms with E-state index in [4.69, 9.17) is 4.74 Å². The van der Waals surface area contributed by atoms with Crippen LogP contribution in [0.4, 0.5) is 19.0 Å². The molecule has 1 aliphatic heterocycles. The molecule has 0 amide bonds. The molecule has 0 saturated carbocycles. The number of anilines is 1. The largest absolute Gasteiger partial charge is 0.534 e. The van der Waals surface area contributed by atoms with E-state index < -0.39 is 21.6 Å². The molecule has 32 heavy (non-hydrogen) atoms. The number of rotatable bonds is 5. The molecular weight excluding hydrogens is 451 g/mol. The van der Waals surface area contributed by atoms with Crippen molar-refractivity contribution in [3.63, 3.8) is 0 Å². The molecule has 3 heterocycles. The van der Waals surface area contributed by atoms with Gasteiger partial charge in [0, 0.05) is 30.9 Å². The highest BCUT2D eigenvalue weighted by Crippen LogP contribution is 2.28. The summed E-state index contributed by atoms with van der Waals surface area (Å²) in [6, 6.07) is 9.85. The number of morpholine rings is 1. The van der Waals surface area contributed by atoms with Crippen molar-refractivity contribution in [3.05, 3.63) is 48.2 Å². The van der Waals surface area contributed by atoms with Gasteiger partial charge < -0.3 is 13.8 Å². The fourth-order valence-electron chi connectivity index (χ4n) is 3.07. The summed E-state index contributed by atoms with van der Waals surface area (Å²) in [6.45, 7) is 3.53. The predicted molar refractivity (Wildman–Crippen MR) is 108 cm³/mol. The Bertz CT molecular complexity index is 1220. The van der Waals surface area contributed by atoms with Gasteiger partial charge in [0.25, 0.3) is 0 Å². The van der Waals surface area contributed by atoms with Crippen molar-refractivity contribution in [1.82, 2.24) is 19.7 Å². The minimum atomic E-state index is -5.94. The maximum Gasteiger partial charge on any atom is 0.534 e. The summed E-state index contributed by atoms with van der Waals surface area (Å²) in [5.74, 6) is 0.242. The first-order valence-corrected chi connectivity index (χ1v) is 10.9. The van der Waals surface area contributed by atoms with Crippen LogP contribution >= 0.6 is 0 Å². The molecule has 0 N–H and O–H groups in total. The van der Waals surface area contributed by atoms with Crippen molar-refractivity contribution >= 4 is 15.9 Å². The van der Waals surface area contributed by atoms with E-state index >= 15 is 0 Å². The third-order valence-electron chi connectivity index (χ3n) is 4.62. The third-order valence-corrected chi connectivity index (χ3v) is 5.55. The third kappa shape index (κ3) is 4.67. The minimum Gasteiger partial charge on any atom is -0.378 e. The van der Waals surface area contributed by atoms with E-state index in [0.717, 1.165) is 11.1 Å². The van der Waals surface area contributed by atoms with Gasteiger partial charge in [0.05, 0.1) is 18.9 Å². The Morgan fingerprint density at radius 1 is 1.06 bits per heavy atom. The Hall–Kier alpha value is -3.19. The van der Waals surface area contributed by atoms with Crippen LogP contribution < -0.4 is 9.08 Å². The molecule has 2 aromatic heterocycles. The first-order valence-electron chi connectivity index (χ1n) is 9.48. The molecule has 0 radical (unpaired) electrons. The second-order valence-corrected chi connectivity index (χ2v) is 8.50. The number of aryl methyl sites for hydroxylation is 1. The average Bonchev–Trinajstić information content (AvgIpc) is 3.23. The van der Waals surface area contributed by atoms with Gasteiger partial charge in [-0.05, 0) is 19.1 Å². The van der Waals surface area contributed by atoms with Crippen molar-refractivity contribution in [2.45, 2.75) is 12.4 Å². The van der Waals surface area contributed by atoms with E-state index in [1.165, 1.54) is 10.7 Å². The Kier molecular flexibility index (Phi) is 5.77. The number of alkyl halides is 3.